The predicted molar refractivity (Wildman–Crippen MR) is 130 cm³/mol. The molecule has 35 heavy (non-hydrogen) atoms. The van der Waals surface area contributed by atoms with Crippen molar-refractivity contribution in [3.8, 4) is 10.9 Å². The number of hydrogen-bond acceptors (Lipinski definition) is 9. The van der Waals surface area contributed by atoms with Gasteiger partial charge in [0.2, 0.25) is 5.43 Å². The molecule has 5 heterocycles. The maximum absolute atomic E-state index is 13.0. The number of methoxy groups -OCH3 is 1. The van der Waals surface area contributed by atoms with Gasteiger partial charge < -0.3 is 19.5 Å². The normalized spacial score (nSPS) is 18.4. The van der Waals surface area contributed by atoms with Gasteiger partial charge in [-0.25, -0.2) is 14.8 Å². The minimum absolute atomic E-state index is 0.0716. The van der Waals surface area contributed by atoms with Crippen LogP contribution < -0.4 is 15.1 Å². The van der Waals surface area contributed by atoms with E-state index < -0.39 is 17.0 Å². The van der Waals surface area contributed by atoms with Gasteiger partial charge in [-0.15, -0.1) is 11.3 Å². The summed E-state index contributed by atoms with van der Waals surface area (Å²) >= 11 is 1.29. The predicted octanol–water partition coefficient (Wildman–Crippen LogP) is 2.90. The molecule has 1 unspecified atom stereocenters. The largest absolute Gasteiger partial charge is 0.496 e. The lowest BCUT2D eigenvalue weighted by atomic mass is 9.91. The zero-order chi connectivity index (χ0) is 24.5. The van der Waals surface area contributed by atoms with Gasteiger partial charge in [0, 0.05) is 50.0 Å². The molecule has 0 aliphatic carbocycles. The van der Waals surface area contributed by atoms with Crippen molar-refractivity contribution in [3.05, 3.63) is 39.6 Å². The summed E-state index contributed by atoms with van der Waals surface area (Å²) < 4.78 is 12.7. The summed E-state index contributed by atoms with van der Waals surface area (Å²) in [7, 11) is 1.43. The molecule has 0 saturated carbocycles. The summed E-state index contributed by atoms with van der Waals surface area (Å²) in [6.07, 6.45) is 7.59. The number of rotatable bonds is 8. The number of aromatic nitrogens is 3. The lowest BCUT2D eigenvalue weighted by molar-refractivity contribution is -0.124. The molecule has 2 aliphatic rings. The molecule has 1 N–H and O–H groups in total. The molecule has 184 valence electrons. The van der Waals surface area contributed by atoms with E-state index >= 15 is 0 Å². The van der Waals surface area contributed by atoms with Crippen molar-refractivity contribution in [2.45, 2.75) is 38.2 Å². The Morgan fingerprint density at radius 1 is 1.31 bits per heavy atom. The van der Waals surface area contributed by atoms with Gasteiger partial charge in [0.1, 0.15) is 28.3 Å². The van der Waals surface area contributed by atoms with Crippen LogP contribution in [0.15, 0.2) is 28.6 Å². The van der Waals surface area contributed by atoms with Crippen molar-refractivity contribution < 1.29 is 24.2 Å². The lowest BCUT2D eigenvalue weighted by Crippen LogP contribution is -2.51. The minimum atomic E-state index is -1.34. The first-order valence-corrected chi connectivity index (χ1v) is 12.5. The zero-order valence-corrected chi connectivity index (χ0v) is 20.1. The Balaban J connectivity index is 1.41. The summed E-state index contributed by atoms with van der Waals surface area (Å²) in [5, 5.41) is 11.9. The standard InChI is InChI=1S/C24H26N4O6S/c1-33-18-10-19(27-11-14(12-27)17(29)6-5-15-4-2-3-8-34-15)26-22-20(18)21(30)16(23(31)32)13-28(22)24-25-7-9-35-24/h7,9-10,13-15H,2-6,8,11-12H2,1H3,(H,31,32). The molecular formula is C24H26N4O6S. The molecule has 2 aliphatic heterocycles. The molecule has 3 aromatic rings. The average Bonchev–Trinajstić information content (AvgIpc) is 3.36. The first-order chi connectivity index (χ1) is 17.0. The fourth-order valence-electron chi connectivity index (χ4n) is 4.64. The van der Waals surface area contributed by atoms with Crippen molar-refractivity contribution in [3.63, 3.8) is 0 Å². The van der Waals surface area contributed by atoms with E-state index in [4.69, 9.17) is 9.47 Å². The number of pyridine rings is 2. The summed E-state index contributed by atoms with van der Waals surface area (Å²) in [5.74, 6) is -0.392. The molecule has 11 heteroatoms. The zero-order valence-electron chi connectivity index (χ0n) is 19.3. The molecular weight excluding hydrogens is 472 g/mol. The van der Waals surface area contributed by atoms with E-state index in [1.165, 1.54) is 29.2 Å². The first kappa shape index (κ1) is 23.4. The lowest BCUT2D eigenvalue weighted by Gasteiger charge is -2.39. The highest BCUT2D eigenvalue weighted by molar-refractivity contribution is 7.12. The van der Waals surface area contributed by atoms with Gasteiger partial charge in [-0.2, -0.15) is 0 Å². The van der Waals surface area contributed by atoms with E-state index in [0.717, 1.165) is 32.3 Å². The number of Topliss-reactive ketones (excluding diaryl/α,β-unsaturated/α-hetero) is 1. The number of fused-ring (bicyclic) bond motifs is 1. The second-order valence-electron chi connectivity index (χ2n) is 8.84. The number of ketones is 1. The molecule has 3 aromatic heterocycles. The quantitative estimate of drug-likeness (QED) is 0.499. The van der Waals surface area contributed by atoms with Crippen molar-refractivity contribution in [1.29, 1.82) is 0 Å². The van der Waals surface area contributed by atoms with E-state index in [1.54, 1.807) is 17.6 Å². The number of carboxylic acids is 1. The second kappa shape index (κ2) is 9.74. The summed E-state index contributed by atoms with van der Waals surface area (Å²) in [6, 6.07) is 1.62. The molecule has 0 bridgehead atoms. The third-order valence-corrected chi connectivity index (χ3v) is 7.40. The number of carbonyl (C=O) groups is 2. The van der Waals surface area contributed by atoms with E-state index in [-0.39, 0.29) is 34.6 Å². The molecule has 0 spiro atoms. The first-order valence-electron chi connectivity index (χ1n) is 11.6. The SMILES string of the molecule is COc1cc(N2CC(C(=O)CCC3CCCCO3)C2)nc2c1c(=O)c(C(=O)O)cn2-c1nccs1. The van der Waals surface area contributed by atoms with Crippen LogP contribution in [0.2, 0.25) is 0 Å². The summed E-state index contributed by atoms with van der Waals surface area (Å²) in [4.78, 5) is 48.3. The van der Waals surface area contributed by atoms with E-state index in [9.17, 15) is 19.5 Å². The molecule has 1 atom stereocenters. The third-order valence-electron chi connectivity index (χ3n) is 6.63. The van der Waals surface area contributed by atoms with Gasteiger partial charge >= 0.3 is 5.97 Å². The van der Waals surface area contributed by atoms with E-state index in [2.05, 4.69) is 9.97 Å². The molecule has 2 fully saturated rings. The number of anilines is 1. The van der Waals surface area contributed by atoms with Crippen LogP contribution in [0.4, 0.5) is 5.82 Å². The Morgan fingerprint density at radius 2 is 2.14 bits per heavy atom. The van der Waals surface area contributed by atoms with Gasteiger partial charge in [0.15, 0.2) is 10.8 Å². The number of carboxylic acid groups (broad SMARTS) is 1. The molecule has 0 aromatic carbocycles. The highest BCUT2D eigenvalue weighted by Crippen LogP contribution is 2.33. The van der Waals surface area contributed by atoms with Crippen LogP contribution in [0.1, 0.15) is 42.5 Å². The van der Waals surface area contributed by atoms with Crippen molar-refractivity contribution in [2.75, 3.05) is 31.7 Å². The van der Waals surface area contributed by atoms with Crippen LogP contribution in [-0.2, 0) is 9.53 Å². The molecule has 10 nitrogen and oxygen atoms in total. The summed E-state index contributed by atoms with van der Waals surface area (Å²) in [6.45, 7) is 1.84. The number of nitrogens with zero attached hydrogens (tertiary/aromatic N) is 4. The van der Waals surface area contributed by atoms with E-state index in [1.807, 2.05) is 4.90 Å². The Hall–Kier alpha value is -3.31. The van der Waals surface area contributed by atoms with Crippen LogP contribution in [0, 0.1) is 5.92 Å². The van der Waals surface area contributed by atoms with Crippen LogP contribution in [0.5, 0.6) is 5.75 Å². The topological polar surface area (TPSA) is 124 Å². The maximum Gasteiger partial charge on any atom is 0.341 e. The minimum Gasteiger partial charge on any atom is -0.496 e. The van der Waals surface area contributed by atoms with Crippen molar-refractivity contribution >= 4 is 39.9 Å². The van der Waals surface area contributed by atoms with Gasteiger partial charge in [0.05, 0.1) is 19.1 Å². The fraction of sp³-hybridized carbons (Fsp3) is 0.458. The maximum atomic E-state index is 13.0. The molecule has 2 saturated heterocycles. The van der Waals surface area contributed by atoms with Gasteiger partial charge in [-0.3, -0.25) is 14.2 Å². The van der Waals surface area contributed by atoms with Crippen LogP contribution >= 0.6 is 11.3 Å². The van der Waals surface area contributed by atoms with Crippen LogP contribution in [-0.4, -0.2) is 64.3 Å². The monoisotopic (exact) mass is 498 g/mol. The van der Waals surface area contributed by atoms with Gasteiger partial charge in [0.25, 0.3) is 0 Å². The summed E-state index contributed by atoms with van der Waals surface area (Å²) in [5.41, 5.74) is -0.802. The van der Waals surface area contributed by atoms with Crippen LogP contribution in [0.3, 0.4) is 0 Å². The van der Waals surface area contributed by atoms with Gasteiger partial charge in [-0.1, -0.05) is 0 Å². The van der Waals surface area contributed by atoms with Crippen molar-refractivity contribution in [2.24, 2.45) is 5.92 Å². The number of aromatic carboxylic acids is 1. The van der Waals surface area contributed by atoms with Gasteiger partial charge in [-0.05, 0) is 25.7 Å². The Morgan fingerprint density at radius 3 is 2.80 bits per heavy atom. The Labute approximate surface area is 205 Å². The average molecular weight is 499 g/mol. The number of hydrogen-bond donors (Lipinski definition) is 1. The number of ether oxygens (including phenoxy) is 2. The Bertz CT molecular complexity index is 1310. The molecule has 5 rings (SSSR count). The Kier molecular flexibility index (Phi) is 6.52. The van der Waals surface area contributed by atoms with Crippen molar-refractivity contribution in [1.82, 2.24) is 14.5 Å². The second-order valence-corrected chi connectivity index (χ2v) is 9.71. The number of thiazole rings is 1. The fourth-order valence-corrected chi connectivity index (χ4v) is 5.25. The number of carbonyl (C=O) groups excluding carboxylic acids is 1. The van der Waals surface area contributed by atoms with E-state index in [0.29, 0.717) is 30.5 Å². The third kappa shape index (κ3) is 4.53. The molecule has 0 amide bonds. The highest BCUT2D eigenvalue weighted by Gasteiger charge is 2.34. The van der Waals surface area contributed by atoms with Crippen LogP contribution in [0.25, 0.3) is 16.2 Å². The molecule has 0 radical (unpaired) electrons. The highest BCUT2D eigenvalue weighted by atomic mass is 32.1. The smallest absolute Gasteiger partial charge is 0.341 e.